The van der Waals surface area contributed by atoms with Crippen LogP contribution < -0.4 is 0 Å². The van der Waals surface area contributed by atoms with Gasteiger partial charge in [-0.25, -0.2) is 0 Å². The van der Waals surface area contributed by atoms with Gasteiger partial charge in [0.05, 0.1) is 26.4 Å². The zero-order valence-corrected chi connectivity index (χ0v) is 24.0. The molecule has 2 aromatic rings. The summed E-state index contributed by atoms with van der Waals surface area (Å²) in [6, 6.07) is 21.3. The van der Waals surface area contributed by atoms with E-state index >= 15 is 0 Å². The van der Waals surface area contributed by atoms with Crippen molar-refractivity contribution in [2.45, 2.75) is 64.6 Å². The van der Waals surface area contributed by atoms with Gasteiger partial charge in [-0.2, -0.15) is 0 Å². The third kappa shape index (κ3) is 5.70. The van der Waals surface area contributed by atoms with E-state index in [0.29, 0.717) is 0 Å². The molecule has 0 amide bonds. The van der Waals surface area contributed by atoms with Gasteiger partial charge >= 0.3 is 0 Å². The summed E-state index contributed by atoms with van der Waals surface area (Å²) < 4.78 is 12.3. The summed E-state index contributed by atoms with van der Waals surface area (Å²) in [5.74, 6) is 5.14. The summed E-state index contributed by atoms with van der Waals surface area (Å²) in [5, 5.41) is 0. The van der Waals surface area contributed by atoms with Crippen LogP contribution in [0.25, 0.3) is 0 Å². The molecule has 5 aliphatic rings. The van der Waals surface area contributed by atoms with Crippen molar-refractivity contribution in [2.75, 3.05) is 13.2 Å². The smallest absolute Gasteiger partial charge is 0.0717 e. The Labute approximate surface area is 237 Å². The number of allylic oxidation sites excluding steroid dienone is 4. The summed E-state index contributed by atoms with van der Waals surface area (Å²) >= 11 is 4.39. The average molecular weight is 545 g/mol. The number of rotatable bonds is 8. The lowest BCUT2D eigenvalue weighted by Gasteiger charge is -2.27. The molecule has 2 aromatic carbocycles. The molecule has 0 spiro atoms. The van der Waals surface area contributed by atoms with Gasteiger partial charge in [0.15, 0.2) is 0 Å². The largest absolute Gasteiger partial charge is 0.376 e. The maximum Gasteiger partial charge on any atom is 0.0717 e. The van der Waals surface area contributed by atoms with Gasteiger partial charge in [0.25, 0.3) is 0 Å². The van der Waals surface area contributed by atoms with E-state index in [0.717, 1.165) is 61.9 Å². The van der Waals surface area contributed by atoms with E-state index in [1.807, 2.05) is 0 Å². The quantitative estimate of drug-likeness (QED) is 0.330. The molecular formula is C34H40O2S2. The second kappa shape index (κ2) is 11.6. The first kappa shape index (κ1) is 25.5. The number of thioether (sulfide) groups is 2. The van der Waals surface area contributed by atoms with Gasteiger partial charge in [-0.3, -0.25) is 0 Å². The minimum Gasteiger partial charge on any atom is -0.376 e. The summed E-state index contributed by atoms with van der Waals surface area (Å²) in [5.41, 5.74) is 2.59. The molecule has 0 aromatic heterocycles. The van der Waals surface area contributed by atoms with Gasteiger partial charge in [0, 0.05) is 0 Å². The van der Waals surface area contributed by atoms with E-state index in [4.69, 9.17) is 9.47 Å². The lowest BCUT2D eigenvalue weighted by Crippen LogP contribution is -2.03. The van der Waals surface area contributed by atoms with Crippen LogP contribution in [0.15, 0.2) is 80.3 Å². The highest BCUT2D eigenvalue weighted by Crippen LogP contribution is 2.61. The van der Waals surface area contributed by atoms with E-state index in [1.54, 1.807) is 19.6 Å². The van der Waals surface area contributed by atoms with Crippen molar-refractivity contribution in [3.05, 3.63) is 91.4 Å². The van der Waals surface area contributed by atoms with Crippen LogP contribution in [0.1, 0.15) is 62.5 Å². The Morgan fingerprint density at radius 2 is 0.842 bits per heavy atom. The minimum atomic E-state index is 0.760. The van der Waals surface area contributed by atoms with Crippen LogP contribution in [0.3, 0.4) is 0 Å². The molecule has 2 nitrogen and oxygen atoms in total. The van der Waals surface area contributed by atoms with Gasteiger partial charge in [0.1, 0.15) is 0 Å². The third-order valence-electron chi connectivity index (χ3n) is 9.80. The molecule has 6 atom stereocenters. The summed E-state index contributed by atoms with van der Waals surface area (Å²) in [4.78, 5) is 6.88. The second-order valence-corrected chi connectivity index (χ2v) is 14.4. The number of benzene rings is 2. The van der Waals surface area contributed by atoms with Crippen molar-refractivity contribution < 1.29 is 9.47 Å². The normalized spacial score (nSPS) is 32.1. The van der Waals surface area contributed by atoms with E-state index in [1.165, 1.54) is 62.5 Å². The van der Waals surface area contributed by atoms with Crippen molar-refractivity contribution >= 4 is 23.5 Å². The summed E-state index contributed by atoms with van der Waals surface area (Å²) in [6.07, 6.45) is 10.6. The van der Waals surface area contributed by atoms with Crippen LogP contribution in [0, 0.1) is 35.5 Å². The molecule has 4 aliphatic carbocycles. The van der Waals surface area contributed by atoms with Crippen LogP contribution >= 0.6 is 23.5 Å². The van der Waals surface area contributed by atoms with E-state index in [9.17, 15) is 0 Å². The van der Waals surface area contributed by atoms with Crippen LogP contribution in [0.2, 0.25) is 0 Å². The van der Waals surface area contributed by atoms with E-state index in [2.05, 4.69) is 84.2 Å². The molecular weight excluding hydrogens is 505 g/mol. The van der Waals surface area contributed by atoms with Gasteiger partial charge < -0.3 is 9.47 Å². The predicted octanol–water partition coefficient (Wildman–Crippen LogP) is 9.20. The third-order valence-corrected chi connectivity index (χ3v) is 12.8. The Morgan fingerprint density at radius 1 is 0.500 bits per heavy atom. The van der Waals surface area contributed by atoms with Crippen molar-refractivity contribution in [3.63, 3.8) is 0 Å². The van der Waals surface area contributed by atoms with Crippen LogP contribution in [-0.4, -0.2) is 13.2 Å². The first-order valence-electron chi connectivity index (χ1n) is 14.9. The van der Waals surface area contributed by atoms with Crippen LogP contribution in [0.4, 0.5) is 0 Å². The van der Waals surface area contributed by atoms with Crippen LogP contribution in [0.5, 0.6) is 0 Å². The summed E-state index contributed by atoms with van der Waals surface area (Å²) in [7, 11) is 0. The van der Waals surface area contributed by atoms with Gasteiger partial charge in [-0.05, 0) is 118 Å². The number of hydrogen-bond acceptors (Lipinski definition) is 4. The Kier molecular flexibility index (Phi) is 7.76. The molecule has 4 heteroatoms. The molecule has 38 heavy (non-hydrogen) atoms. The van der Waals surface area contributed by atoms with E-state index < -0.39 is 0 Å². The fraction of sp³-hybridized carbons (Fsp3) is 0.529. The SMILES string of the molecule is c1ccc(COCC2[C@H]3CCC4=C(CC[C@@H]23)SC2=C(CC[C@@H]3C(COCc5ccccc5)[C@@H]3CC2)S4)cc1. The molecule has 7 rings (SSSR count). The summed E-state index contributed by atoms with van der Waals surface area (Å²) in [6.45, 7) is 3.41. The standard InChI is InChI=1S/C34H40O2S2/c1-3-7-23(8-4-1)19-35-21-29-25-11-15-31-32(16-12-26(25)29)38-34-18-14-28-27(13-17-33(34)37-31)30(28)22-36-20-24-9-5-2-6-10-24/h1-10,25-30H,11-22H2/t25-,26+,27-,28+,29?,30?. The zero-order chi connectivity index (χ0) is 25.3. The topological polar surface area (TPSA) is 18.5 Å². The zero-order valence-electron chi connectivity index (χ0n) is 22.4. The maximum atomic E-state index is 6.17. The number of hydrogen-bond donors (Lipinski definition) is 0. The van der Waals surface area contributed by atoms with Gasteiger partial charge in [-0.1, -0.05) is 84.2 Å². The highest BCUT2D eigenvalue weighted by molar-refractivity contribution is 8.13. The highest BCUT2D eigenvalue weighted by atomic mass is 32.2. The highest BCUT2D eigenvalue weighted by Gasteiger charge is 2.51. The van der Waals surface area contributed by atoms with Crippen molar-refractivity contribution in [1.29, 1.82) is 0 Å². The maximum absolute atomic E-state index is 6.17. The Bertz CT molecular complexity index is 1040. The lowest BCUT2D eigenvalue weighted by molar-refractivity contribution is 0.105. The Hall–Kier alpha value is -1.46. The number of ether oxygens (including phenoxy) is 2. The molecule has 1 aliphatic heterocycles. The lowest BCUT2D eigenvalue weighted by atomic mass is 10.1. The fourth-order valence-electron chi connectivity index (χ4n) is 7.51. The molecule has 200 valence electrons. The second-order valence-electron chi connectivity index (χ2n) is 12.0. The van der Waals surface area contributed by atoms with Crippen LogP contribution in [-0.2, 0) is 22.7 Å². The average Bonchev–Trinajstić information content (AvgIpc) is 3.81. The van der Waals surface area contributed by atoms with Gasteiger partial charge in [-0.15, -0.1) is 0 Å². The monoisotopic (exact) mass is 544 g/mol. The van der Waals surface area contributed by atoms with Crippen molar-refractivity contribution in [3.8, 4) is 0 Å². The molecule has 2 unspecified atom stereocenters. The molecule has 2 saturated carbocycles. The Morgan fingerprint density at radius 3 is 1.18 bits per heavy atom. The molecule has 0 N–H and O–H groups in total. The molecule has 0 bridgehead atoms. The Balaban J connectivity index is 0.880. The fourth-order valence-corrected chi connectivity index (χ4v) is 10.3. The molecule has 0 radical (unpaired) electrons. The first-order chi connectivity index (χ1) is 18.8. The van der Waals surface area contributed by atoms with Crippen molar-refractivity contribution in [1.82, 2.24) is 0 Å². The molecule has 2 fully saturated rings. The van der Waals surface area contributed by atoms with Gasteiger partial charge in [0.2, 0.25) is 0 Å². The first-order valence-corrected chi connectivity index (χ1v) is 16.5. The van der Waals surface area contributed by atoms with Crippen molar-refractivity contribution in [2.24, 2.45) is 35.5 Å². The van der Waals surface area contributed by atoms with E-state index in [-0.39, 0.29) is 0 Å². The number of fused-ring (bicyclic) bond motifs is 2. The minimum absolute atomic E-state index is 0.760. The molecule has 0 saturated heterocycles. The molecule has 1 heterocycles. The predicted molar refractivity (Wildman–Crippen MR) is 159 cm³/mol.